The van der Waals surface area contributed by atoms with Crippen LogP contribution in [0.15, 0.2) is 72.8 Å². The minimum Gasteiger partial charge on any atom is -0.299 e. The van der Waals surface area contributed by atoms with Gasteiger partial charge in [-0.25, -0.2) is 0 Å². The topological polar surface area (TPSA) is 17.1 Å². The van der Waals surface area contributed by atoms with Crippen LogP contribution in [0.2, 0.25) is 0 Å². The first-order valence-corrected chi connectivity index (χ1v) is 11.4. The van der Waals surface area contributed by atoms with Gasteiger partial charge in [0.25, 0.3) is 0 Å². The van der Waals surface area contributed by atoms with E-state index in [0.29, 0.717) is 18.1 Å². The van der Waals surface area contributed by atoms with Crippen LogP contribution in [0, 0.1) is 5.92 Å². The lowest BCUT2D eigenvalue weighted by Crippen LogP contribution is -2.19. The van der Waals surface area contributed by atoms with Crippen molar-refractivity contribution in [3.05, 3.63) is 95.1 Å². The van der Waals surface area contributed by atoms with Crippen molar-refractivity contribution in [3.63, 3.8) is 0 Å². The highest BCUT2D eigenvalue weighted by molar-refractivity contribution is 6.03. The zero-order chi connectivity index (χ0) is 21.1. The molecule has 0 fully saturated rings. The Morgan fingerprint density at radius 3 is 2.50 bits per heavy atom. The van der Waals surface area contributed by atoms with Gasteiger partial charge in [0.2, 0.25) is 0 Å². The molecular weight excluding hydrogens is 364 g/mol. The molecule has 0 spiro atoms. The number of hydrogen-bond donors (Lipinski definition) is 0. The van der Waals surface area contributed by atoms with Gasteiger partial charge in [0, 0.05) is 18.3 Å². The molecule has 0 aliphatic heterocycles. The third-order valence-electron chi connectivity index (χ3n) is 6.73. The molecule has 0 radical (unpaired) electrons. The molecule has 2 aliphatic carbocycles. The molecule has 0 aromatic heterocycles. The van der Waals surface area contributed by atoms with E-state index in [0.717, 1.165) is 37.7 Å². The first-order chi connectivity index (χ1) is 14.6. The van der Waals surface area contributed by atoms with E-state index >= 15 is 0 Å². The van der Waals surface area contributed by atoms with Crippen molar-refractivity contribution in [2.24, 2.45) is 5.92 Å². The van der Waals surface area contributed by atoms with E-state index in [1.54, 1.807) is 0 Å². The average Bonchev–Trinajstić information content (AvgIpc) is 3.17. The highest BCUT2D eigenvalue weighted by Crippen LogP contribution is 2.46. The molecule has 2 aromatic carbocycles. The van der Waals surface area contributed by atoms with E-state index in [4.69, 9.17) is 0 Å². The number of hydrogen-bond acceptors (Lipinski definition) is 1. The highest BCUT2D eigenvalue weighted by atomic mass is 16.1. The van der Waals surface area contributed by atoms with Crippen LogP contribution in [-0.2, 0) is 11.2 Å². The summed E-state index contributed by atoms with van der Waals surface area (Å²) in [5, 5.41) is 0. The summed E-state index contributed by atoms with van der Waals surface area (Å²) in [6.07, 6.45) is 10.1. The Balaban J connectivity index is 1.84. The molecule has 2 unspecified atom stereocenters. The van der Waals surface area contributed by atoms with Crippen molar-refractivity contribution in [2.75, 3.05) is 0 Å². The fourth-order valence-electron chi connectivity index (χ4n) is 5.00. The predicted molar refractivity (Wildman–Crippen MR) is 127 cm³/mol. The van der Waals surface area contributed by atoms with Crippen molar-refractivity contribution >= 4 is 16.9 Å². The molecule has 0 bridgehead atoms. The average molecular weight is 397 g/mol. The number of benzene rings is 2. The molecule has 154 valence electrons. The van der Waals surface area contributed by atoms with Gasteiger partial charge in [0.15, 0.2) is 0 Å². The van der Waals surface area contributed by atoms with Crippen molar-refractivity contribution in [2.45, 2.75) is 58.3 Å². The van der Waals surface area contributed by atoms with Crippen LogP contribution in [-0.4, -0.2) is 5.78 Å². The lowest BCUT2D eigenvalue weighted by atomic mass is 9.76. The van der Waals surface area contributed by atoms with Gasteiger partial charge in [-0.2, -0.15) is 0 Å². The van der Waals surface area contributed by atoms with Gasteiger partial charge in [-0.1, -0.05) is 93.1 Å². The van der Waals surface area contributed by atoms with E-state index in [1.807, 2.05) is 0 Å². The lowest BCUT2D eigenvalue weighted by molar-refractivity contribution is -0.120. The zero-order valence-electron chi connectivity index (χ0n) is 18.3. The second-order valence-corrected chi connectivity index (χ2v) is 8.65. The molecule has 2 atom stereocenters. The molecule has 0 saturated heterocycles. The maximum absolute atomic E-state index is 13.4. The van der Waals surface area contributed by atoms with Gasteiger partial charge in [-0.3, -0.25) is 4.79 Å². The smallest absolute Gasteiger partial charge is 0.141 e. The second kappa shape index (κ2) is 9.00. The molecule has 0 heterocycles. The van der Waals surface area contributed by atoms with E-state index < -0.39 is 0 Å². The second-order valence-electron chi connectivity index (χ2n) is 8.65. The fraction of sp³-hybridized carbons (Fsp3) is 0.345. The molecule has 0 N–H and O–H groups in total. The summed E-state index contributed by atoms with van der Waals surface area (Å²) in [5.74, 6) is 0.696. The van der Waals surface area contributed by atoms with Crippen LogP contribution in [0.5, 0.6) is 0 Å². The molecule has 30 heavy (non-hydrogen) atoms. The Kier molecular flexibility index (Phi) is 6.18. The number of carbonyl (C=O) groups excluding carboxylic acids is 1. The predicted octanol–water partition coefficient (Wildman–Crippen LogP) is 7.54. The first-order valence-electron chi connectivity index (χ1n) is 11.4. The first kappa shape index (κ1) is 20.6. The Labute approximate surface area is 181 Å². The molecule has 4 rings (SSSR count). The third kappa shape index (κ3) is 3.86. The molecular formula is C29H32O. The van der Waals surface area contributed by atoms with Crippen LogP contribution in [0.4, 0.5) is 0 Å². The number of fused-ring (bicyclic) bond motifs is 4. The SMILES string of the molecule is C=C(CC)CCC(=O)C1Cc2ccccc2C2=C(C=CC2CCC)c2ccccc21. The number of carbonyl (C=O) groups is 1. The van der Waals surface area contributed by atoms with Crippen molar-refractivity contribution in [1.29, 1.82) is 0 Å². The Bertz CT molecular complexity index is 1020. The molecule has 0 amide bonds. The summed E-state index contributed by atoms with van der Waals surface area (Å²) in [6.45, 7) is 8.47. The number of rotatable bonds is 7. The summed E-state index contributed by atoms with van der Waals surface area (Å²) in [5.41, 5.74) is 8.99. The molecule has 1 nitrogen and oxygen atoms in total. The minimum absolute atomic E-state index is 0.0975. The van der Waals surface area contributed by atoms with E-state index in [1.165, 1.54) is 33.4 Å². The normalized spacial score (nSPS) is 19.5. The van der Waals surface area contributed by atoms with Crippen LogP contribution in [0.25, 0.3) is 11.1 Å². The van der Waals surface area contributed by atoms with Gasteiger partial charge in [-0.15, -0.1) is 0 Å². The largest absolute Gasteiger partial charge is 0.299 e. The minimum atomic E-state index is -0.0975. The highest BCUT2D eigenvalue weighted by Gasteiger charge is 2.32. The van der Waals surface area contributed by atoms with Crippen molar-refractivity contribution in [3.8, 4) is 0 Å². The number of Topliss-reactive ketones (excluding diaryl/α,β-unsaturated/α-hetero) is 1. The van der Waals surface area contributed by atoms with Crippen molar-refractivity contribution < 1.29 is 4.79 Å². The maximum Gasteiger partial charge on any atom is 0.141 e. The summed E-state index contributed by atoms with van der Waals surface area (Å²) >= 11 is 0. The number of ketones is 1. The Hall–Kier alpha value is -2.67. The Morgan fingerprint density at radius 2 is 1.73 bits per heavy atom. The fourth-order valence-corrected chi connectivity index (χ4v) is 5.00. The van der Waals surface area contributed by atoms with Crippen LogP contribution < -0.4 is 0 Å². The van der Waals surface area contributed by atoms with E-state index in [2.05, 4.69) is 81.1 Å². The molecule has 2 aliphatic rings. The number of allylic oxidation sites excluding steroid dienone is 5. The monoisotopic (exact) mass is 396 g/mol. The summed E-state index contributed by atoms with van der Waals surface area (Å²) in [7, 11) is 0. The maximum atomic E-state index is 13.4. The van der Waals surface area contributed by atoms with Crippen LogP contribution in [0.3, 0.4) is 0 Å². The standard InChI is InChI=1S/C29H32O/c1-4-10-21-16-17-26-24-13-8-9-14-25(24)27(28(30)18-15-20(3)5-2)19-22-11-6-7-12-23(22)29(21)26/h6-9,11-14,16-17,21,27H,3-5,10,15,18-19H2,1-2H3. The van der Waals surface area contributed by atoms with Crippen molar-refractivity contribution in [1.82, 2.24) is 0 Å². The molecule has 1 heteroatoms. The molecule has 0 saturated carbocycles. The van der Waals surface area contributed by atoms with Gasteiger partial charge >= 0.3 is 0 Å². The lowest BCUT2D eigenvalue weighted by Gasteiger charge is -2.27. The summed E-state index contributed by atoms with van der Waals surface area (Å²) in [4.78, 5) is 13.4. The Morgan fingerprint density at radius 1 is 1.00 bits per heavy atom. The van der Waals surface area contributed by atoms with Gasteiger partial charge in [0.05, 0.1) is 0 Å². The van der Waals surface area contributed by atoms with Crippen LogP contribution in [0.1, 0.15) is 74.1 Å². The summed E-state index contributed by atoms with van der Waals surface area (Å²) < 4.78 is 0. The van der Waals surface area contributed by atoms with Gasteiger partial charge < -0.3 is 0 Å². The van der Waals surface area contributed by atoms with E-state index in [9.17, 15) is 4.79 Å². The molecule has 2 aromatic rings. The zero-order valence-corrected chi connectivity index (χ0v) is 18.3. The third-order valence-corrected chi connectivity index (χ3v) is 6.73. The summed E-state index contributed by atoms with van der Waals surface area (Å²) in [6, 6.07) is 17.3. The van der Waals surface area contributed by atoms with E-state index in [-0.39, 0.29) is 5.92 Å². The van der Waals surface area contributed by atoms with Gasteiger partial charge in [0.1, 0.15) is 5.78 Å². The quantitative estimate of drug-likeness (QED) is 0.442. The van der Waals surface area contributed by atoms with Gasteiger partial charge in [-0.05, 0) is 59.1 Å². The van der Waals surface area contributed by atoms with Crippen LogP contribution >= 0.6 is 0 Å².